The van der Waals surface area contributed by atoms with E-state index in [0.717, 1.165) is 23.4 Å². The Bertz CT molecular complexity index is 417. The van der Waals surface area contributed by atoms with Crippen molar-refractivity contribution in [2.24, 2.45) is 5.92 Å². The Kier molecular flexibility index (Phi) is 4.35. The lowest BCUT2D eigenvalue weighted by molar-refractivity contribution is 0.357. The number of rotatable bonds is 2. The number of nitrogens with one attached hydrogen (secondary N) is 1. The molecule has 0 bridgehead atoms. The second-order valence-electron chi connectivity index (χ2n) is 4.72. The van der Waals surface area contributed by atoms with Gasteiger partial charge in [0.15, 0.2) is 0 Å². The van der Waals surface area contributed by atoms with Gasteiger partial charge in [0.1, 0.15) is 5.82 Å². The van der Waals surface area contributed by atoms with Crippen molar-refractivity contribution in [3.8, 4) is 0 Å². The first kappa shape index (κ1) is 12.8. The predicted octanol–water partition coefficient (Wildman–Crippen LogP) is 3.99. The average molecular weight is 298 g/mol. The Balaban J connectivity index is 2.04. The second kappa shape index (κ2) is 5.78. The van der Waals surface area contributed by atoms with Gasteiger partial charge >= 0.3 is 0 Å². The van der Waals surface area contributed by atoms with E-state index in [9.17, 15) is 4.39 Å². The highest BCUT2D eigenvalue weighted by Gasteiger charge is 2.15. The van der Waals surface area contributed by atoms with Crippen LogP contribution >= 0.6 is 15.9 Å². The molecule has 1 aromatic rings. The molecule has 2 rings (SSSR count). The van der Waals surface area contributed by atoms with Crippen LogP contribution in [0, 0.1) is 11.7 Å². The molecule has 1 saturated heterocycles. The van der Waals surface area contributed by atoms with E-state index in [1.54, 1.807) is 6.07 Å². The fraction of sp³-hybridized carbons (Fsp3) is 0.429. The van der Waals surface area contributed by atoms with Crippen molar-refractivity contribution in [3.05, 3.63) is 40.1 Å². The van der Waals surface area contributed by atoms with Crippen LogP contribution in [0.25, 0.3) is 6.08 Å². The van der Waals surface area contributed by atoms with Crippen molar-refractivity contribution in [2.45, 2.75) is 25.8 Å². The van der Waals surface area contributed by atoms with Crippen LogP contribution in [0.5, 0.6) is 0 Å². The third-order valence-corrected chi connectivity index (χ3v) is 3.66. The molecule has 17 heavy (non-hydrogen) atoms. The first-order valence-electron chi connectivity index (χ1n) is 6.02. The summed E-state index contributed by atoms with van der Waals surface area (Å²) in [5.41, 5.74) is 0.647. The topological polar surface area (TPSA) is 12.0 Å². The maximum atomic E-state index is 13.6. The van der Waals surface area contributed by atoms with E-state index in [0.29, 0.717) is 11.6 Å². The Hall–Kier alpha value is -0.670. The third kappa shape index (κ3) is 3.65. The first-order chi connectivity index (χ1) is 8.15. The second-order valence-corrected chi connectivity index (χ2v) is 5.63. The molecule has 1 aliphatic rings. The summed E-state index contributed by atoms with van der Waals surface area (Å²) in [4.78, 5) is 0. The number of halogens is 2. The largest absolute Gasteiger partial charge is 0.310 e. The minimum Gasteiger partial charge on any atom is -0.310 e. The zero-order chi connectivity index (χ0) is 12.3. The summed E-state index contributed by atoms with van der Waals surface area (Å²) in [5.74, 6) is 0.570. The van der Waals surface area contributed by atoms with Crippen molar-refractivity contribution in [3.63, 3.8) is 0 Å². The highest BCUT2D eigenvalue weighted by Crippen LogP contribution is 2.19. The van der Waals surface area contributed by atoms with Crippen LogP contribution in [0.1, 0.15) is 25.3 Å². The van der Waals surface area contributed by atoms with Gasteiger partial charge in [-0.05, 0) is 37.4 Å². The first-order valence-corrected chi connectivity index (χ1v) is 6.81. The highest BCUT2D eigenvalue weighted by molar-refractivity contribution is 9.10. The summed E-state index contributed by atoms with van der Waals surface area (Å²) in [5, 5.41) is 3.43. The molecular weight excluding hydrogens is 281 g/mol. The lowest BCUT2D eigenvalue weighted by Gasteiger charge is -2.25. The van der Waals surface area contributed by atoms with E-state index < -0.39 is 0 Å². The van der Waals surface area contributed by atoms with Crippen molar-refractivity contribution in [2.75, 3.05) is 6.54 Å². The van der Waals surface area contributed by atoms with E-state index in [2.05, 4.69) is 34.2 Å². The van der Waals surface area contributed by atoms with Crippen molar-refractivity contribution < 1.29 is 4.39 Å². The molecular formula is C14H17BrFN. The van der Waals surface area contributed by atoms with Gasteiger partial charge in [0, 0.05) is 16.1 Å². The highest BCUT2D eigenvalue weighted by atomic mass is 79.9. The number of hydrogen-bond acceptors (Lipinski definition) is 1. The molecule has 0 aromatic heterocycles. The van der Waals surface area contributed by atoms with Gasteiger partial charge in [-0.1, -0.05) is 41.1 Å². The van der Waals surface area contributed by atoms with Gasteiger partial charge in [-0.15, -0.1) is 0 Å². The monoisotopic (exact) mass is 297 g/mol. The normalized spacial score (nSPS) is 25.4. The number of benzene rings is 1. The summed E-state index contributed by atoms with van der Waals surface area (Å²) in [6.45, 7) is 3.32. The molecule has 1 fully saturated rings. The maximum Gasteiger partial charge on any atom is 0.131 e. The van der Waals surface area contributed by atoms with Crippen molar-refractivity contribution in [1.82, 2.24) is 5.32 Å². The molecule has 1 N–H and O–H groups in total. The Morgan fingerprint density at radius 3 is 3.00 bits per heavy atom. The fourth-order valence-electron chi connectivity index (χ4n) is 2.15. The van der Waals surface area contributed by atoms with Crippen molar-refractivity contribution >= 4 is 22.0 Å². The van der Waals surface area contributed by atoms with Crippen LogP contribution in [0.15, 0.2) is 28.7 Å². The van der Waals surface area contributed by atoms with Gasteiger partial charge in [0.2, 0.25) is 0 Å². The van der Waals surface area contributed by atoms with Gasteiger partial charge in [-0.25, -0.2) is 4.39 Å². The number of hydrogen-bond donors (Lipinski definition) is 1. The molecule has 1 nitrogen and oxygen atoms in total. The lowest BCUT2D eigenvalue weighted by Crippen LogP contribution is -2.35. The molecule has 1 aromatic carbocycles. The fourth-order valence-corrected chi connectivity index (χ4v) is 2.49. The third-order valence-electron chi connectivity index (χ3n) is 3.17. The van der Waals surface area contributed by atoms with E-state index in [1.165, 1.54) is 12.5 Å². The van der Waals surface area contributed by atoms with Crippen LogP contribution in [0.3, 0.4) is 0 Å². The van der Waals surface area contributed by atoms with Gasteiger partial charge in [-0.3, -0.25) is 0 Å². The summed E-state index contributed by atoms with van der Waals surface area (Å²) in [7, 11) is 0. The van der Waals surface area contributed by atoms with Crippen molar-refractivity contribution in [1.29, 1.82) is 0 Å². The van der Waals surface area contributed by atoms with Crippen LogP contribution in [0.4, 0.5) is 4.39 Å². The van der Waals surface area contributed by atoms with Crippen LogP contribution in [-0.2, 0) is 0 Å². The standard InChI is InChI=1S/C14H17BrFN/c1-10-6-7-17-13(8-10)5-3-11-2-4-12(15)9-14(11)16/h2-5,9-10,13,17H,6-8H2,1H3/b5-3+. The van der Waals surface area contributed by atoms with E-state index in [1.807, 2.05) is 12.1 Å². The lowest BCUT2D eigenvalue weighted by atomic mass is 9.94. The maximum absolute atomic E-state index is 13.6. The zero-order valence-electron chi connectivity index (χ0n) is 9.92. The summed E-state index contributed by atoms with van der Waals surface area (Å²) in [6, 6.07) is 5.53. The van der Waals surface area contributed by atoms with E-state index in [-0.39, 0.29) is 5.82 Å². The van der Waals surface area contributed by atoms with Gasteiger partial charge < -0.3 is 5.32 Å². The van der Waals surface area contributed by atoms with E-state index in [4.69, 9.17) is 0 Å². The SMILES string of the molecule is CC1CCNC(/C=C/c2ccc(Br)cc2F)C1. The molecule has 92 valence electrons. The minimum absolute atomic E-state index is 0.181. The van der Waals surface area contributed by atoms with Gasteiger partial charge in [0.25, 0.3) is 0 Å². The Morgan fingerprint density at radius 2 is 2.29 bits per heavy atom. The summed E-state index contributed by atoms with van der Waals surface area (Å²) in [6.07, 6.45) is 6.31. The molecule has 0 spiro atoms. The molecule has 3 heteroatoms. The van der Waals surface area contributed by atoms with E-state index >= 15 is 0 Å². The molecule has 2 atom stereocenters. The quantitative estimate of drug-likeness (QED) is 0.870. The molecule has 0 saturated carbocycles. The molecule has 0 aliphatic carbocycles. The Labute approximate surface area is 110 Å². The molecule has 2 unspecified atom stereocenters. The minimum atomic E-state index is -0.181. The smallest absolute Gasteiger partial charge is 0.131 e. The zero-order valence-corrected chi connectivity index (χ0v) is 11.5. The predicted molar refractivity (Wildman–Crippen MR) is 73.3 cm³/mol. The molecule has 1 heterocycles. The van der Waals surface area contributed by atoms with Crippen LogP contribution < -0.4 is 5.32 Å². The number of piperidine rings is 1. The van der Waals surface area contributed by atoms with Crippen LogP contribution in [0.2, 0.25) is 0 Å². The molecule has 0 radical (unpaired) electrons. The van der Waals surface area contributed by atoms with Crippen LogP contribution in [-0.4, -0.2) is 12.6 Å². The summed E-state index contributed by atoms with van der Waals surface area (Å²) < 4.78 is 14.4. The average Bonchev–Trinajstić information content (AvgIpc) is 2.28. The molecule has 1 aliphatic heterocycles. The van der Waals surface area contributed by atoms with Gasteiger partial charge in [-0.2, -0.15) is 0 Å². The molecule has 0 amide bonds. The Morgan fingerprint density at radius 1 is 1.47 bits per heavy atom. The summed E-state index contributed by atoms with van der Waals surface area (Å²) >= 11 is 3.26. The van der Waals surface area contributed by atoms with Gasteiger partial charge in [0.05, 0.1) is 0 Å².